The number of allylic oxidation sites excluding steroid dienone is 1. The largest absolute Gasteiger partial charge is 0.466 e. The zero-order chi connectivity index (χ0) is 27.4. The maximum absolute atomic E-state index is 12.7. The van der Waals surface area contributed by atoms with Crippen LogP contribution >= 0.6 is 0 Å². The number of carbonyl (C=O) groups is 4. The van der Waals surface area contributed by atoms with Gasteiger partial charge in [-0.3, -0.25) is 15.0 Å². The van der Waals surface area contributed by atoms with Crippen molar-refractivity contribution in [3.63, 3.8) is 0 Å². The van der Waals surface area contributed by atoms with E-state index in [-0.39, 0.29) is 37.5 Å². The van der Waals surface area contributed by atoms with E-state index in [0.717, 1.165) is 0 Å². The van der Waals surface area contributed by atoms with Crippen molar-refractivity contribution in [2.45, 2.75) is 39.7 Å². The average Bonchev–Trinajstić information content (AvgIpc) is 2.87. The number of hydrogen-bond acceptors (Lipinski definition) is 8. The first-order valence-electron chi connectivity index (χ1n) is 11.7. The standard InChI is InChI=1S/C27H31N3O7/c1-4-35-23(31)15-14-22(27(34)36-5-2)30-26(33)20-8-6-18(7-9-20)17(3)16-24(32)37-21-12-10-19(11-13-21)25(28)29/h6-13,16,22H,4-5,14-15H2,1-3H3,(H3,28,29)(H,30,33)/t22-/m0/s1. The fourth-order valence-corrected chi connectivity index (χ4v) is 3.22. The Hall–Kier alpha value is -4.47. The lowest BCUT2D eigenvalue weighted by molar-refractivity contribution is -0.147. The summed E-state index contributed by atoms with van der Waals surface area (Å²) in [7, 11) is 0. The quantitative estimate of drug-likeness (QED) is 0.130. The number of rotatable bonds is 12. The number of carbonyl (C=O) groups excluding carboxylic acids is 4. The molecule has 0 fully saturated rings. The van der Waals surface area contributed by atoms with E-state index in [4.69, 9.17) is 25.4 Å². The number of hydrogen-bond donors (Lipinski definition) is 3. The molecule has 0 unspecified atom stereocenters. The number of nitrogens with one attached hydrogen (secondary N) is 2. The molecule has 0 aromatic heterocycles. The van der Waals surface area contributed by atoms with Crippen LogP contribution in [-0.4, -0.2) is 48.9 Å². The lowest BCUT2D eigenvalue weighted by atomic mass is 10.0. The van der Waals surface area contributed by atoms with Crippen LogP contribution in [0.25, 0.3) is 5.57 Å². The van der Waals surface area contributed by atoms with Crippen LogP contribution in [0.4, 0.5) is 0 Å². The van der Waals surface area contributed by atoms with E-state index in [1.165, 1.54) is 6.08 Å². The molecule has 0 aliphatic carbocycles. The number of nitrogens with two attached hydrogens (primary N) is 1. The van der Waals surface area contributed by atoms with Gasteiger partial charge in [0.2, 0.25) is 0 Å². The molecule has 37 heavy (non-hydrogen) atoms. The van der Waals surface area contributed by atoms with Crippen LogP contribution in [0.3, 0.4) is 0 Å². The van der Waals surface area contributed by atoms with Crippen molar-refractivity contribution >= 4 is 35.2 Å². The molecular formula is C27H31N3O7. The van der Waals surface area contributed by atoms with Crippen molar-refractivity contribution in [3.05, 3.63) is 71.3 Å². The maximum atomic E-state index is 12.7. The van der Waals surface area contributed by atoms with Gasteiger partial charge in [-0.1, -0.05) is 12.1 Å². The SMILES string of the molecule is CCOC(=O)CC[C@H](NC(=O)c1ccc(C(C)=CC(=O)Oc2ccc(C(=N)N)cc2)cc1)C(=O)OCC. The number of benzene rings is 2. The predicted octanol–water partition coefficient (Wildman–Crippen LogP) is 2.98. The Morgan fingerprint density at radius 1 is 0.919 bits per heavy atom. The first-order chi connectivity index (χ1) is 17.6. The Morgan fingerprint density at radius 2 is 1.49 bits per heavy atom. The summed E-state index contributed by atoms with van der Waals surface area (Å²) in [4.78, 5) is 48.9. The topological polar surface area (TPSA) is 158 Å². The Bertz CT molecular complexity index is 1160. The first kappa shape index (κ1) is 28.8. The summed E-state index contributed by atoms with van der Waals surface area (Å²) in [6.07, 6.45) is 1.32. The summed E-state index contributed by atoms with van der Waals surface area (Å²) < 4.78 is 15.2. The lowest BCUT2D eigenvalue weighted by Crippen LogP contribution is -2.42. The van der Waals surface area contributed by atoms with Crippen molar-refractivity contribution in [3.8, 4) is 5.75 Å². The van der Waals surface area contributed by atoms with Crippen molar-refractivity contribution in [2.24, 2.45) is 5.73 Å². The number of ether oxygens (including phenoxy) is 3. The normalized spacial score (nSPS) is 11.7. The van der Waals surface area contributed by atoms with Gasteiger partial charge in [-0.05, 0) is 74.7 Å². The molecular weight excluding hydrogens is 478 g/mol. The van der Waals surface area contributed by atoms with Crippen LogP contribution in [0.5, 0.6) is 5.75 Å². The minimum absolute atomic E-state index is 0.0441. The molecule has 2 aromatic carbocycles. The highest BCUT2D eigenvalue weighted by atomic mass is 16.5. The van der Waals surface area contributed by atoms with Gasteiger partial charge in [-0.25, -0.2) is 9.59 Å². The van der Waals surface area contributed by atoms with Crippen LogP contribution < -0.4 is 15.8 Å². The van der Waals surface area contributed by atoms with Crippen LogP contribution in [0.2, 0.25) is 0 Å². The second-order valence-electron chi connectivity index (χ2n) is 7.89. The van der Waals surface area contributed by atoms with E-state index in [1.807, 2.05) is 0 Å². The van der Waals surface area contributed by atoms with E-state index in [0.29, 0.717) is 22.4 Å². The van der Waals surface area contributed by atoms with Gasteiger partial charge in [0.05, 0.1) is 13.2 Å². The predicted molar refractivity (Wildman–Crippen MR) is 137 cm³/mol. The minimum Gasteiger partial charge on any atom is -0.466 e. The first-order valence-corrected chi connectivity index (χ1v) is 11.7. The van der Waals surface area contributed by atoms with Gasteiger partial charge in [0.1, 0.15) is 17.6 Å². The van der Waals surface area contributed by atoms with Crippen molar-refractivity contribution in [2.75, 3.05) is 13.2 Å². The van der Waals surface area contributed by atoms with Crippen LogP contribution in [-0.2, 0) is 23.9 Å². The molecule has 0 bridgehead atoms. The van der Waals surface area contributed by atoms with Gasteiger partial charge in [0.25, 0.3) is 5.91 Å². The summed E-state index contributed by atoms with van der Waals surface area (Å²) in [5.74, 6) is -1.98. The van der Waals surface area contributed by atoms with E-state index in [9.17, 15) is 19.2 Å². The highest BCUT2D eigenvalue weighted by molar-refractivity contribution is 5.98. The summed E-state index contributed by atoms with van der Waals surface area (Å²) in [5.41, 5.74) is 7.51. The van der Waals surface area contributed by atoms with E-state index in [2.05, 4.69) is 5.32 Å². The van der Waals surface area contributed by atoms with Crippen molar-refractivity contribution in [1.82, 2.24) is 5.32 Å². The molecule has 1 atom stereocenters. The third-order valence-electron chi connectivity index (χ3n) is 5.14. The lowest BCUT2D eigenvalue weighted by Gasteiger charge is -2.17. The van der Waals surface area contributed by atoms with Gasteiger partial charge in [0.15, 0.2) is 0 Å². The van der Waals surface area contributed by atoms with Gasteiger partial charge in [-0.2, -0.15) is 0 Å². The van der Waals surface area contributed by atoms with Gasteiger partial charge >= 0.3 is 17.9 Å². The number of amides is 1. The van der Waals surface area contributed by atoms with Gasteiger partial charge in [-0.15, -0.1) is 0 Å². The third kappa shape index (κ3) is 9.25. The summed E-state index contributed by atoms with van der Waals surface area (Å²) in [6.45, 7) is 5.41. The third-order valence-corrected chi connectivity index (χ3v) is 5.14. The van der Waals surface area contributed by atoms with Gasteiger partial charge in [0, 0.05) is 23.6 Å². The van der Waals surface area contributed by atoms with Crippen LogP contribution in [0.15, 0.2) is 54.6 Å². The second-order valence-corrected chi connectivity index (χ2v) is 7.89. The number of amidine groups is 1. The van der Waals surface area contributed by atoms with Crippen molar-refractivity contribution < 1.29 is 33.4 Å². The minimum atomic E-state index is -1.00. The number of nitrogen functional groups attached to an aromatic ring is 1. The molecule has 4 N–H and O–H groups in total. The zero-order valence-electron chi connectivity index (χ0n) is 21.0. The smallest absolute Gasteiger partial charge is 0.336 e. The van der Waals surface area contributed by atoms with E-state index in [1.54, 1.807) is 69.3 Å². The molecule has 0 heterocycles. The Balaban J connectivity index is 2.03. The summed E-state index contributed by atoms with van der Waals surface area (Å²) in [6, 6.07) is 11.7. The monoisotopic (exact) mass is 509 g/mol. The molecule has 196 valence electrons. The second kappa shape index (κ2) is 14.2. The van der Waals surface area contributed by atoms with E-state index < -0.39 is 29.9 Å². The zero-order valence-corrected chi connectivity index (χ0v) is 21.0. The highest BCUT2D eigenvalue weighted by Gasteiger charge is 2.24. The molecule has 0 aliphatic heterocycles. The van der Waals surface area contributed by atoms with Crippen LogP contribution in [0.1, 0.15) is 55.1 Å². The molecule has 10 heteroatoms. The fourth-order valence-electron chi connectivity index (χ4n) is 3.22. The Labute approximate surface area is 215 Å². The summed E-state index contributed by atoms with van der Waals surface area (Å²) >= 11 is 0. The Kier molecular flexibility index (Phi) is 11.0. The molecule has 2 rings (SSSR count). The fraction of sp³-hybridized carbons (Fsp3) is 0.296. The highest BCUT2D eigenvalue weighted by Crippen LogP contribution is 2.17. The molecule has 0 aliphatic rings. The molecule has 0 saturated heterocycles. The molecule has 0 saturated carbocycles. The van der Waals surface area contributed by atoms with Crippen molar-refractivity contribution in [1.29, 1.82) is 5.41 Å². The number of esters is 3. The molecule has 0 spiro atoms. The summed E-state index contributed by atoms with van der Waals surface area (Å²) in [5, 5.41) is 10.00. The molecule has 10 nitrogen and oxygen atoms in total. The van der Waals surface area contributed by atoms with E-state index >= 15 is 0 Å². The molecule has 0 radical (unpaired) electrons. The maximum Gasteiger partial charge on any atom is 0.336 e. The Morgan fingerprint density at radius 3 is 2.05 bits per heavy atom. The van der Waals surface area contributed by atoms with Crippen LogP contribution in [0, 0.1) is 5.41 Å². The average molecular weight is 510 g/mol. The molecule has 2 aromatic rings. The molecule has 1 amide bonds. The van der Waals surface area contributed by atoms with Gasteiger partial charge < -0.3 is 25.3 Å².